The highest BCUT2D eigenvalue weighted by Crippen LogP contribution is 2.23. The van der Waals surface area contributed by atoms with Gasteiger partial charge in [-0.1, -0.05) is 55.1 Å². The van der Waals surface area contributed by atoms with E-state index in [0.29, 0.717) is 6.61 Å². The Bertz CT molecular complexity index is 670. The summed E-state index contributed by atoms with van der Waals surface area (Å²) in [5, 5.41) is 0. The van der Waals surface area contributed by atoms with Gasteiger partial charge < -0.3 is 19.9 Å². The van der Waals surface area contributed by atoms with Crippen LogP contribution in [0.3, 0.4) is 0 Å². The maximum atomic E-state index is 11.9. The number of benzene rings is 2. The van der Waals surface area contributed by atoms with E-state index in [2.05, 4.69) is 6.58 Å². The van der Waals surface area contributed by atoms with E-state index >= 15 is 0 Å². The molecule has 0 saturated heterocycles. The lowest BCUT2D eigenvalue weighted by Gasteiger charge is -2.21. The van der Waals surface area contributed by atoms with Crippen LogP contribution in [0.15, 0.2) is 67.3 Å². The molecule has 132 valence electrons. The Kier molecular flexibility index (Phi) is 7.19. The first-order valence-electron chi connectivity index (χ1n) is 7.98. The van der Waals surface area contributed by atoms with Gasteiger partial charge in [-0.25, -0.2) is 0 Å². The molecule has 2 aromatic carbocycles. The van der Waals surface area contributed by atoms with E-state index in [1.165, 1.54) is 13.2 Å². The number of hydrogen-bond donors (Lipinski definition) is 1. The molecule has 5 nitrogen and oxygen atoms in total. The van der Waals surface area contributed by atoms with Gasteiger partial charge in [0.05, 0.1) is 0 Å². The monoisotopic (exact) mass is 341 g/mol. The van der Waals surface area contributed by atoms with Gasteiger partial charge in [0.2, 0.25) is 0 Å². The molecule has 0 aliphatic carbocycles. The van der Waals surface area contributed by atoms with Gasteiger partial charge >= 0.3 is 5.97 Å². The maximum absolute atomic E-state index is 11.9. The number of methoxy groups -OCH3 is 1. The molecule has 25 heavy (non-hydrogen) atoms. The Morgan fingerprint density at radius 2 is 1.84 bits per heavy atom. The first-order valence-corrected chi connectivity index (χ1v) is 7.98. The van der Waals surface area contributed by atoms with Crippen molar-refractivity contribution >= 4 is 5.97 Å². The van der Waals surface area contributed by atoms with Gasteiger partial charge in [-0.05, 0) is 23.3 Å². The van der Waals surface area contributed by atoms with Gasteiger partial charge in [-0.15, -0.1) is 0 Å². The highest BCUT2D eigenvalue weighted by molar-refractivity contribution is 5.76. The first-order chi connectivity index (χ1) is 12.2. The van der Waals surface area contributed by atoms with Crippen LogP contribution in [0.4, 0.5) is 0 Å². The third-order valence-corrected chi connectivity index (χ3v) is 3.65. The van der Waals surface area contributed by atoms with Gasteiger partial charge in [0.25, 0.3) is 0 Å². The molecule has 0 saturated carbocycles. The van der Waals surface area contributed by atoms with Crippen molar-refractivity contribution in [1.29, 1.82) is 0 Å². The summed E-state index contributed by atoms with van der Waals surface area (Å²) in [4.78, 5) is 11.9. The molecule has 0 aromatic heterocycles. The summed E-state index contributed by atoms with van der Waals surface area (Å²) in [6, 6.07) is 16.3. The maximum Gasteiger partial charge on any atom is 0.326 e. The molecule has 0 amide bonds. The van der Waals surface area contributed by atoms with Gasteiger partial charge in [-0.3, -0.25) is 4.79 Å². The first kappa shape index (κ1) is 18.7. The van der Waals surface area contributed by atoms with Crippen LogP contribution >= 0.6 is 0 Å². The molecule has 0 heterocycles. The number of esters is 1. The summed E-state index contributed by atoms with van der Waals surface area (Å²) in [5.74, 6) is 0.196. The molecule has 2 aromatic rings. The number of rotatable bonds is 9. The minimum absolute atomic E-state index is 0.120. The van der Waals surface area contributed by atoms with Crippen LogP contribution in [0.5, 0.6) is 5.75 Å². The Balaban J connectivity index is 1.98. The smallest absolute Gasteiger partial charge is 0.326 e. The van der Waals surface area contributed by atoms with Gasteiger partial charge in [0.1, 0.15) is 31.1 Å². The second-order valence-corrected chi connectivity index (χ2v) is 5.44. The molecule has 2 atom stereocenters. The summed E-state index contributed by atoms with van der Waals surface area (Å²) in [6.45, 7) is 4.11. The Labute approximate surface area is 148 Å². The highest BCUT2D eigenvalue weighted by Gasteiger charge is 2.27. The zero-order valence-electron chi connectivity index (χ0n) is 14.3. The number of hydrogen-bond acceptors (Lipinski definition) is 5. The normalized spacial score (nSPS) is 12.9. The van der Waals surface area contributed by atoms with Crippen molar-refractivity contribution in [3.8, 4) is 5.75 Å². The van der Waals surface area contributed by atoms with Crippen molar-refractivity contribution in [2.45, 2.75) is 18.8 Å². The largest absolute Gasteiger partial charge is 0.489 e. The molecule has 0 aliphatic rings. The fraction of sp³-hybridized carbons (Fsp3) is 0.250. The summed E-state index contributed by atoms with van der Waals surface area (Å²) < 4.78 is 16.1. The average Bonchev–Trinajstić information content (AvgIpc) is 2.66. The van der Waals surface area contributed by atoms with Crippen molar-refractivity contribution in [1.82, 2.24) is 0 Å². The minimum atomic E-state index is -0.916. The van der Waals surface area contributed by atoms with Crippen LogP contribution < -0.4 is 10.5 Å². The Morgan fingerprint density at radius 3 is 2.44 bits per heavy atom. The quantitative estimate of drug-likeness (QED) is 0.561. The van der Waals surface area contributed by atoms with Crippen LogP contribution in [-0.2, 0) is 20.9 Å². The molecule has 0 spiro atoms. The predicted octanol–water partition coefficient (Wildman–Crippen LogP) is 3.01. The number of carbonyl (C=O) groups is 1. The molecular formula is C20H23NO4. The van der Waals surface area contributed by atoms with Crippen LogP contribution in [0, 0.1) is 0 Å². The predicted molar refractivity (Wildman–Crippen MR) is 96.1 cm³/mol. The Morgan fingerprint density at radius 1 is 1.16 bits per heavy atom. The standard InChI is InChI=1S/C20H23NO4/c1-3-13-24-20(22)18(21)19(23-2)16-9-11-17(12-10-16)25-14-15-7-5-4-6-8-15/h3-12,18-19H,1,13-14,21H2,2H3/t18-,19-/m0/s1. The van der Waals surface area contributed by atoms with E-state index in [1.54, 1.807) is 0 Å². The molecule has 5 heteroatoms. The molecule has 2 rings (SSSR count). The van der Waals surface area contributed by atoms with Crippen LogP contribution in [0.1, 0.15) is 17.2 Å². The van der Waals surface area contributed by atoms with E-state index < -0.39 is 18.1 Å². The third kappa shape index (κ3) is 5.45. The number of carbonyl (C=O) groups excluding carboxylic acids is 1. The second-order valence-electron chi connectivity index (χ2n) is 5.44. The van der Waals surface area contributed by atoms with Crippen LogP contribution in [0.25, 0.3) is 0 Å². The lowest BCUT2D eigenvalue weighted by atomic mass is 10.0. The molecule has 2 N–H and O–H groups in total. The van der Waals surface area contributed by atoms with Gasteiger partial charge in [-0.2, -0.15) is 0 Å². The molecular weight excluding hydrogens is 318 g/mol. The zero-order chi connectivity index (χ0) is 18.1. The van der Waals surface area contributed by atoms with Gasteiger partial charge in [0.15, 0.2) is 0 Å². The summed E-state index contributed by atoms with van der Waals surface area (Å²) in [6.07, 6.45) is 0.895. The summed E-state index contributed by atoms with van der Waals surface area (Å²) in [7, 11) is 1.51. The summed E-state index contributed by atoms with van der Waals surface area (Å²) in [5.41, 5.74) is 7.82. The fourth-order valence-electron chi connectivity index (χ4n) is 2.35. The van der Waals surface area contributed by atoms with E-state index in [0.717, 1.165) is 16.9 Å². The third-order valence-electron chi connectivity index (χ3n) is 3.65. The lowest BCUT2D eigenvalue weighted by Crippen LogP contribution is -2.39. The molecule has 0 bridgehead atoms. The van der Waals surface area contributed by atoms with Gasteiger partial charge in [0, 0.05) is 7.11 Å². The fourth-order valence-corrected chi connectivity index (χ4v) is 2.35. The lowest BCUT2D eigenvalue weighted by molar-refractivity contribution is -0.147. The van der Waals surface area contributed by atoms with Crippen molar-refractivity contribution < 1.29 is 19.0 Å². The number of ether oxygens (including phenoxy) is 3. The zero-order valence-corrected chi connectivity index (χ0v) is 14.3. The van der Waals surface area contributed by atoms with Crippen molar-refractivity contribution in [3.63, 3.8) is 0 Å². The van der Waals surface area contributed by atoms with E-state index in [-0.39, 0.29) is 6.61 Å². The van der Waals surface area contributed by atoms with Crippen molar-refractivity contribution in [2.24, 2.45) is 5.73 Å². The highest BCUT2D eigenvalue weighted by atomic mass is 16.5. The average molecular weight is 341 g/mol. The SMILES string of the molecule is C=CCOC(=O)[C@@H](N)[C@@H](OC)c1ccc(OCc2ccccc2)cc1. The number of nitrogens with two attached hydrogens (primary N) is 1. The second kappa shape index (κ2) is 9.61. The molecule has 0 fully saturated rings. The minimum Gasteiger partial charge on any atom is -0.489 e. The van der Waals surface area contributed by atoms with Crippen molar-refractivity contribution in [2.75, 3.05) is 13.7 Å². The van der Waals surface area contributed by atoms with Crippen LogP contribution in [-0.4, -0.2) is 25.7 Å². The van der Waals surface area contributed by atoms with E-state index in [1.807, 2.05) is 54.6 Å². The Hall–Kier alpha value is -2.63. The molecule has 0 unspecified atom stereocenters. The molecule has 0 radical (unpaired) electrons. The summed E-state index contributed by atoms with van der Waals surface area (Å²) >= 11 is 0. The van der Waals surface area contributed by atoms with E-state index in [9.17, 15) is 4.79 Å². The van der Waals surface area contributed by atoms with E-state index in [4.69, 9.17) is 19.9 Å². The topological polar surface area (TPSA) is 70.8 Å². The van der Waals surface area contributed by atoms with Crippen LogP contribution in [0.2, 0.25) is 0 Å². The van der Waals surface area contributed by atoms with Crippen molar-refractivity contribution in [3.05, 3.63) is 78.4 Å². The molecule has 0 aliphatic heterocycles.